The van der Waals surface area contributed by atoms with E-state index in [-0.39, 0.29) is 5.95 Å². The molecular formula is C5H10N4O2S. The first-order valence-corrected chi connectivity index (χ1v) is 5.13. The Morgan fingerprint density at radius 1 is 1.50 bits per heavy atom. The first-order chi connectivity index (χ1) is 5.38. The van der Waals surface area contributed by atoms with E-state index in [1.54, 1.807) is 14.0 Å². The molecule has 0 bridgehead atoms. The Hall–Kier alpha value is -1.11. The number of hydrogen-bond acceptors (Lipinski definition) is 4. The maximum absolute atomic E-state index is 10.8. The number of aromatic nitrogens is 3. The third kappa shape index (κ3) is 2.19. The van der Waals surface area contributed by atoms with Crippen molar-refractivity contribution >= 4 is 16.0 Å². The fourth-order valence-corrected chi connectivity index (χ4v) is 1.28. The molecule has 1 N–H and O–H groups in total. The summed E-state index contributed by atoms with van der Waals surface area (Å²) in [5.74, 6) is 0.763. The molecule has 0 aromatic carbocycles. The van der Waals surface area contributed by atoms with Crippen molar-refractivity contribution in [1.29, 1.82) is 0 Å². The number of nitrogens with zero attached hydrogens (tertiary/aromatic N) is 3. The first kappa shape index (κ1) is 8.98. The van der Waals surface area contributed by atoms with Gasteiger partial charge in [-0.3, -0.25) is 4.72 Å². The van der Waals surface area contributed by atoms with Crippen LogP contribution in [0.4, 0.5) is 5.95 Å². The van der Waals surface area contributed by atoms with Crippen LogP contribution in [0.2, 0.25) is 0 Å². The van der Waals surface area contributed by atoms with E-state index in [0.29, 0.717) is 5.82 Å². The lowest BCUT2D eigenvalue weighted by molar-refractivity contribution is 0.605. The van der Waals surface area contributed by atoms with Gasteiger partial charge in [0.25, 0.3) is 0 Å². The van der Waals surface area contributed by atoms with Crippen LogP contribution in [0, 0.1) is 6.92 Å². The molecule has 1 aromatic heterocycles. The van der Waals surface area contributed by atoms with Gasteiger partial charge in [0, 0.05) is 7.05 Å². The molecular weight excluding hydrogens is 180 g/mol. The molecule has 1 rings (SSSR count). The van der Waals surface area contributed by atoms with Crippen LogP contribution in [0.5, 0.6) is 0 Å². The average Bonchev–Trinajstić information content (AvgIpc) is 2.06. The molecule has 68 valence electrons. The van der Waals surface area contributed by atoms with Crippen LogP contribution in [-0.2, 0) is 17.1 Å². The highest BCUT2D eigenvalue weighted by molar-refractivity contribution is 7.91. The van der Waals surface area contributed by atoms with Crippen LogP contribution in [0.3, 0.4) is 0 Å². The molecule has 7 heteroatoms. The smallest absolute Gasteiger partial charge is 0.234 e. The van der Waals surface area contributed by atoms with Crippen molar-refractivity contribution < 1.29 is 8.42 Å². The molecule has 0 aliphatic carbocycles. The van der Waals surface area contributed by atoms with Crippen LogP contribution in [-0.4, -0.2) is 29.4 Å². The van der Waals surface area contributed by atoms with Gasteiger partial charge in [0.2, 0.25) is 16.0 Å². The Kier molecular flexibility index (Phi) is 2.05. The van der Waals surface area contributed by atoms with E-state index in [1.165, 1.54) is 4.68 Å². The summed E-state index contributed by atoms with van der Waals surface area (Å²) in [5.41, 5.74) is 0. The quantitative estimate of drug-likeness (QED) is 0.681. The Morgan fingerprint density at radius 3 is 2.42 bits per heavy atom. The summed E-state index contributed by atoms with van der Waals surface area (Å²) < 4.78 is 25.1. The van der Waals surface area contributed by atoms with E-state index in [4.69, 9.17) is 0 Å². The van der Waals surface area contributed by atoms with E-state index in [9.17, 15) is 8.42 Å². The Balaban J connectivity index is 2.97. The van der Waals surface area contributed by atoms with E-state index in [2.05, 4.69) is 14.8 Å². The zero-order valence-electron chi connectivity index (χ0n) is 7.07. The van der Waals surface area contributed by atoms with Crippen molar-refractivity contribution in [3.05, 3.63) is 5.82 Å². The minimum Gasteiger partial charge on any atom is -0.252 e. The first-order valence-electron chi connectivity index (χ1n) is 3.24. The molecule has 0 fully saturated rings. The minimum absolute atomic E-state index is 0.231. The summed E-state index contributed by atoms with van der Waals surface area (Å²) in [7, 11) is -1.64. The highest BCUT2D eigenvalue weighted by atomic mass is 32.2. The number of hydrogen-bond donors (Lipinski definition) is 1. The van der Waals surface area contributed by atoms with Crippen molar-refractivity contribution in [2.45, 2.75) is 6.92 Å². The van der Waals surface area contributed by atoms with E-state index in [1.807, 2.05) is 0 Å². The average molecular weight is 190 g/mol. The molecule has 1 aromatic rings. The van der Waals surface area contributed by atoms with Crippen LogP contribution >= 0.6 is 0 Å². The molecule has 12 heavy (non-hydrogen) atoms. The van der Waals surface area contributed by atoms with Crippen LogP contribution in [0.25, 0.3) is 0 Å². The van der Waals surface area contributed by atoms with Gasteiger partial charge in [-0.25, -0.2) is 13.1 Å². The second-order valence-corrected chi connectivity index (χ2v) is 4.23. The van der Waals surface area contributed by atoms with Crippen LogP contribution < -0.4 is 4.72 Å². The Labute approximate surface area is 70.7 Å². The molecule has 0 atom stereocenters. The minimum atomic E-state index is -3.26. The van der Waals surface area contributed by atoms with Crippen LogP contribution in [0.1, 0.15) is 5.82 Å². The predicted molar refractivity (Wildman–Crippen MR) is 44.2 cm³/mol. The molecule has 0 unspecified atom stereocenters. The van der Waals surface area contributed by atoms with Gasteiger partial charge in [-0.05, 0) is 6.92 Å². The second kappa shape index (κ2) is 2.74. The summed E-state index contributed by atoms with van der Waals surface area (Å²) in [5, 5.41) is 3.87. The summed E-state index contributed by atoms with van der Waals surface area (Å²) in [4.78, 5) is 3.86. The fourth-order valence-electron chi connectivity index (χ4n) is 0.767. The van der Waals surface area contributed by atoms with Crippen molar-refractivity contribution in [3.8, 4) is 0 Å². The number of aryl methyl sites for hydroxylation is 2. The van der Waals surface area contributed by atoms with Gasteiger partial charge in [-0.2, -0.15) is 10.1 Å². The normalized spacial score (nSPS) is 11.6. The molecule has 0 spiro atoms. The van der Waals surface area contributed by atoms with E-state index < -0.39 is 10.0 Å². The van der Waals surface area contributed by atoms with Crippen molar-refractivity contribution in [2.24, 2.45) is 7.05 Å². The lowest BCUT2D eigenvalue weighted by atomic mass is 10.8. The topological polar surface area (TPSA) is 76.9 Å². The van der Waals surface area contributed by atoms with E-state index >= 15 is 0 Å². The summed E-state index contributed by atoms with van der Waals surface area (Å²) >= 11 is 0. The number of nitrogens with one attached hydrogen (secondary N) is 1. The molecule has 0 radical (unpaired) electrons. The summed E-state index contributed by atoms with van der Waals surface area (Å²) in [6.45, 7) is 1.69. The van der Waals surface area contributed by atoms with Gasteiger partial charge >= 0.3 is 0 Å². The standard InChI is InChI=1S/C5H10N4O2S/c1-4-6-5(9(2)7-4)8-12(3,10)11/h1-3H3,(H,6,7,8). The summed E-state index contributed by atoms with van der Waals surface area (Å²) in [6.07, 6.45) is 1.07. The van der Waals surface area contributed by atoms with Crippen molar-refractivity contribution in [3.63, 3.8) is 0 Å². The summed E-state index contributed by atoms with van der Waals surface area (Å²) in [6, 6.07) is 0. The lowest BCUT2D eigenvalue weighted by Crippen LogP contribution is -2.13. The Bertz CT molecular complexity index is 380. The van der Waals surface area contributed by atoms with Gasteiger partial charge in [-0.1, -0.05) is 0 Å². The van der Waals surface area contributed by atoms with E-state index in [0.717, 1.165) is 6.26 Å². The van der Waals surface area contributed by atoms with Gasteiger partial charge in [0.15, 0.2) is 0 Å². The molecule has 6 nitrogen and oxygen atoms in total. The zero-order valence-corrected chi connectivity index (χ0v) is 7.88. The highest BCUT2D eigenvalue weighted by Gasteiger charge is 2.07. The van der Waals surface area contributed by atoms with Crippen molar-refractivity contribution in [1.82, 2.24) is 14.8 Å². The molecule has 0 saturated heterocycles. The monoisotopic (exact) mass is 190 g/mol. The largest absolute Gasteiger partial charge is 0.252 e. The molecule has 0 aliphatic rings. The maximum atomic E-state index is 10.8. The predicted octanol–water partition coefficient (Wildman–Crippen LogP) is -0.505. The third-order valence-corrected chi connectivity index (χ3v) is 1.70. The molecule has 1 heterocycles. The fraction of sp³-hybridized carbons (Fsp3) is 0.600. The third-order valence-electron chi connectivity index (χ3n) is 1.15. The molecule has 0 amide bonds. The van der Waals surface area contributed by atoms with Crippen molar-refractivity contribution in [2.75, 3.05) is 11.0 Å². The maximum Gasteiger partial charge on any atom is 0.234 e. The Morgan fingerprint density at radius 2 is 2.08 bits per heavy atom. The highest BCUT2D eigenvalue weighted by Crippen LogP contribution is 2.02. The number of sulfonamides is 1. The number of rotatable bonds is 2. The number of anilines is 1. The van der Waals surface area contributed by atoms with Gasteiger partial charge in [-0.15, -0.1) is 0 Å². The van der Waals surface area contributed by atoms with Crippen LogP contribution in [0.15, 0.2) is 0 Å². The second-order valence-electron chi connectivity index (χ2n) is 2.48. The van der Waals surface area contributed by atoms with Gasteiger partial charge in [0.1, 0.15) is 5.82 Å². The molecule has 0 aliphatic heterocycles. The van der Waals surface area contributed by atoms with Gasteiger partial charge < -0.3 is 0 Å². The molecule has 0 saturated carbocycles. The SMILES string of the molecule is Cc1nc(NS(C)(=O)=O)n(C)n1. The zero-order chi connectivity index (χ0) is 9.35. The lowest BCUT2D eigenvalue weighted by Gasteiger charge is -1.99. The van der Waals surface area contributed by atoms with Gasteiger partial charge in [0.05, 0.1) is 6.26 Å².